The molecule has 2 heterocycles. The van der Waals surface area contributed by atoms with Crippen molar-refractivity contribution in [3.8, 4) is 34.0 Å². The highest BCUT2D eigenvalue weighted by Crippen LogP contribution is 2.32. The highest BCUT2D eigenvalue weighted by atomic mass is 16.5. The number of nitrogens with zero attached hydrogens (tertiary/aromatic N) is 3. The predicted molar refractivity (Wildman–Crippen MR) is 83.8 cm³/mol. The summed E-state index contributed by atoms with van der Waals surface area (Å²) in [6.45, 7) is 0. The Morgan fingerprint density at radius 2 is 1.59 bits per heavy atom. The fourth-order valence-electron chi connectivity index (χ4n) is 2.18. The van der Waals surface area contributed by atoms with E-state index in [0.29, 0.717) is 11.5 Å². The van der Waals surface area contributed by atoms with E-state index in [4.69, 9.17) is 9.47 Å². The lowest BCUT2D eigenvalue weighted by molar-refractivity contribution is 0.355. The largest absolute Gasteiger partial charge is 0.493 e. The lowest BCUT2D eigenvalue weighted by atomic mass is 10.1. The van der Waals surface area contributed by atoms with Crippen molar-refractivity contribution in [3.05, 3.63) is 55.1 Å². The van der Waals surface area contributed by atoms with Gasteiger partial charge in [0.25, 0.3) is 0 Å². The highest BCUT2D eigenvalue weighted by molar-refractivity contribution is 5.69. The maximum absolute atomic E-state index is 5.33. The van der Waals surface area contributed by atoms with Gasteiger partial charge in [-0.05, 0) is 36.4 Å². The van der Waals surface area contributed by atoms with Crippen molar-refractivity contribution in [2.75, 3.05) is 14.2 Å². The van der Waals surface area contributed by atoms with Gasteiger partial charge in [0.15, 0.2) is 11.5 Å². The van der Waals surface area contributed by atoms with Gasteiger partial charge in [-0.2, -0.15) is 0 Å². The Morgan fingerprint density at radius 3 is 2.27 bits per heavy atom. The molecule has 0 aliphatic rings. The zero-order chi connectivity index (χ0) is 15.4. The zero-order valence-corrected chi connectivity index (χ0v) is 12.4. The molecule has 1 aromatic carbocycles. The van der Waals surface area contributed by atoms with Crippen molar-refractivity contribution in [3.63, 3.8) is 0 Å². The van der Waals surface area contributed by atoms with Crippen LogP contribution in [0.5, 0.6) is 11.5 Å². The number of methoxy groups -OCH3 is 2. The zero-order valence-electron chi connectivity index (χ0n) is 12.4. The second-order valence-electron chi connectivity index (χ2n) is 4.60. The van der Waals surface area contributed by atoms with E-state index in [-0.39, 0.29) is 0 Å². The first-order chi connectivity index (χ1) is 10.8. The Balaban J connectivity index is 2.02. The first kappa shape index (κ1) is 14.0. The SMILES string of the molecule is COc1ccc(-c2cc(-c3cccnc3)ncn2)cc1OC. The van der Waals surface area contributed by atoms with Gasteiger partial charge in [-0.25, -0.2) is 9.97 Å². The smallest absolute Gasteiger partial charge is 0.161 e. The van der Waals surface area contributed by atoms with Gasteiger partial charge in [0.05, 0.1) is 25.6 Å². The van der Waals surface area contributed by atoms with Crippen molar-refractivity contribution in [1.82, 2.24) is 15.0 Å². The van der Waals surface area contributed by atoms with Crippen LogP contribution in [0.1, 0.15) is 0 Å². The highest BCUT2D eigenvalue weighted by Gasteiger charge is 2.08. The topological polar surface area (TPSA) is 57.1 Å². The third kappa shape index (κ3) is 2.74. The summed E-state index contributed by atoms with van der Waals surface area (Å²) >= 11 is 0. The summed E-state index contributed by atoms with van der Waals surface area (Å²) < 4.78 is 10.6. The molecule has 110 valence electrons. The molecule has 0 saturated heterocycles. The number of rotatable bonds is 4. The van der Waals surface area contributed by atoms with Crippen LogP contribution in [0.2, 0.25) is 0 Å². The van der Waals surface area contributed by atoms with Crippen LogP contribution in [0.4, 0.5) is 0 Å². The van der Waals surface area contributed by atoms with Crippen LogP contribution < -0.4 is 9.47 Å². The Labute approximate surface area is 128 Å². The van der Waals surface area contributed by atoms with Crippen LogP contribution in [0.15, 0.2) is 55.1 Å². The predicted octanol–water partition coefficient (Wildman–Crippen LogP) is 3.22. The van der Waals surface area contributed by atoms with Gasteiger partial charge in [0.2, 0.25) is 0 Å². The summed E-state index contributed by atoms with van der Waals surface area (Å²) in [6, 6.07) is 11.5. The molecule has 0 unspecified atom stereocenters. The second kappa shape index (κ2) is 6.22. The van der Waals surface area contributed by atoms with E-state index in [0.717, 1.165) is 22.5 Å². The molecule has 2 aromatic heterocycles. The molecule has 5 heteroatoms. The molecule has 0 aliphatic heterocycles. The summed E-state index contributed by atoms with van der Waals surface area (Å²) in [7, 11) is 3.23. The van der Waals surface area contributed by atoms with Gasteiger partial charge >= 0.3 is 0 Å². The molecular weight excluding hydrogens is 278 g/mol. The molecule has 0 saturated carbocycles. The van der Waals surface area contributed by atoms with Crippen LogP contribution in [0.3, 0.4) is 0 Å². The van der Waals surface area contributed by atoms with Gasteiger partial charge in [-0.1, -0.05) is 0 Å². The van der Waals surface area contributed by atoms with Crippen LogP contribution >= 0.6 is 0 Å². The summed E-state index contributed by atoms with van der Waals surface area (Å²) in [5, 5.41) is 0. The summed E-state index contributed by atoms with van der Waals surface area (Å²) in [5.41, 5.74) is 3.53. The van der Waals surface area contributed by atoms with E-state index < -0.39 is 0 Å². The number of pyridine rings is 1. The first-order valence-electron chi connectivity index (χ1n) is 6.76. The number of aromatic nitrogens is 3. The Hall–Kier alpha value is -2.95. The Morgan fingerprint density at radius 1 is 0.818 bits per heavy atom. The molecule has 5 nitrogen and oxygen atoms in total. The Bertz CT molecular complexity index is 776. The molecule has 0 aliphatic carbocycles. The maximum Gasteiger partial charge on any atom is 0.161 e. The number of hydrogen-bond acceptors (Lipinski definition) is 5. The summed E-state index contributed by atoms with van der Waals surface area (Å²) in [5.74, 6) is 1.36. The van der Waals surface area contributed by atoms with E-state index in [1.165, 1.54) is 0 Å². The van der Waals surface area contributed by atoms with Crippen molar-refractivity contribution in [2.24, 2.45) is 0 Å². The van der Waals surface area contributed by atoms with Crippen molar-refractivity contribution < 1.29 is 9.47 Å². The first-order valence-corrected chi connectivity index (χ1v) is 6.76. The monoisotopic (exact) mass is 293 g/mol. The van der Waals surface area contributed by atoms with Crippen LogP contribution in [-0.2, 0) is 0 Å². The molecule has 0 bridgehead atoms. The van der Waals surface area contributed by atoms with E-state index in [2.05, 4.69) is 15.0 Å². The third-order valence-corrected chi connectivity index (χ3v) is 3.30. The quantitative estimate of drug-likeness (QED) is 0.739. The van der Waals surface area contributed by atoms with Gasteiger partial charge in [0, 0.05) is 23.5 Å². The molecule has 22 heavy (non-hydrogen) atoms. The van der Waals surface area contributed by atoms with Crippen molar-refractivity contribution >= 4 is 0 Å². The third-order valence-electron chi connectivity index (χ3n) is 3.30. The standard InChI is InChI=1S/C17H15N3O2/c1-21-16-6-5-12(8-17(16)22-2)14-9-15(20-11-19-14)13-4-3-7-18-10-13/h3-11H,1-2H3. The fourth-order valence-corrected chi connectivity index (χ4v) is 2.18. The fraction of sp³-hybridized carbons (Fsp3) is 0.118. The van der Waals surface area contributed by atoms with Gasteiger partial charge in [-0.3, -0.25) is 4.98 Å². The molecule has 3 rings (SSSR count). The molecule has 0 spiro atoms. The van der Waals surface area contributed by atoms with E-state index >= 15 is 0 Å². The van der Waals surface area contributed by atoms with Crippen molar-refractivity contribution in [2.45, 2.75) is 0 Å². The van der Waals surface area contributed by atoms with E-state index in [1.54, 1.807) is 32.9 Å². The van der Waals surface area contributed by atoms with Crippen LogP contribution in [0.25, 0.3) is 22.5 Å². The van der Waals surface area contributed by atoms with Crippen molar-refractivity contribution in [1.29, 1.82) is 0 Å². The number of benzene rings is 1. The molecular formula is C17H15N3O2. The average molecular weight is 293 g/mol. The molecule has 3 aromatic rings. The number of ether oxygens (including phenoxy) is 2. The summed E-state index contributed by atoms with van der Waals surface area (Å²) in [6.07, 6.45) is 5.06. The van der Waals surface area contributed by atoms with Gasteiger partial charge < -0.3 is 9.47 Å². The number of hydrogen-bond donors (Lipinski definition) is 0. The van der Waals surface area contributed by atoms with Gasteiger partial charge in [0.1, 0.15) is 6.33 Å². The van der Waals surface area contributed by atoms with E-state index in [1.807, 2.05) is 36.4 Å². The lowest BCUT2D eigenvalue weighted by Crippen LogP contribution is -1.93. The minimum atomic E-state index is 0.668. The molecule has 0 radical (unpaired) electrons. The normalized spacial score (nSPS) is 10.3. The second-order valence-corrected chi connectivity index (χ2v) is 4.60. The average Bonchev–Trinajstić information content (AvgIpc) is 2.62. The molecule has 0 amide bonds. The lowest BCUT2D eigenvalue weighted by Gasteiger charge is -2.09. The molecule has 0 atom stereocenters. The molecule has 0 fully saturated rings. The summed E-state index contributed by atoms with van der Waals surface area (Å²) in [4.78, 5) is 12.8. The minimum absolute atomic E-state index is 0.668. The van der Waals surface area contributed by atoms with E-state index in [9.17, 15) is 0 Å². The van der Waals surface area contributed by atoms with Gasteiger partial charge in [-0.15, -0.1) is 0 Å². The Kier molecular flexibility index (Phi) is 3.96. The van der Waals surface area contributed by atoms with Crippen LogP contribution in [-0.4, -0.2) is 29.2 Å². The van der Waals surface area contributed by atoms with Crippen LogP contribution in [0, 0.1) is 0 Å². The minimum Gasteiger partial charge on any atom is -0.493 e. The molecule has 0 N–H and O–H groups in total. The maximum atomic E-state index is 5.33.